The van der Waals surface area contributed by atoms with E-state index in [2.05, 4.69) is 29.4 Å². The van der Waals surface area contributed by atoms with Crippen LogP contribution in [0.25, 0.3) is 5.69 Å². The quantitative estimate of drug-likeness (QED) is 0.413. The Labute approximate surface area is 169 Å². The van der Waals surface area contributed by atoms with Crippen molar-refractivity contribution < 1.29 is 9.53 Å². The molecule has 0 bridgehead atoms. The van der Waals surface area contributed by atoms with Gasteiger partial charge in [-0.2, -0.15) is 4.68 Å². The van der Waals surface area contributed by atoms with Crippen LogP contribution in [0.1, 0.15) is 47.7 Å². The summed E-state index contributed by atoms with van der Waals surface area (Å²) in [6.07, 6.45) is 1.08. The Balaban J connectivity index is 1.74. The monoisotopic (exact) mass is 396 g/mol. The van der Waals surface area contributed by atoms with E-state index in [0.29, 0.717) is 22.4 Å². The number of carbonyl (C=O) groups excluding carboxylic acids is 1. The van der Waals surface area contributed by atoms with Crippen LogP contribution in [0.15, 0.2) is 47.6 Å². The van der Waals surface area contributed by atoms with Crippen LogP contribution >= 0.6 is 11.8 Å². The number of benzene rings is 2. The zero-order valence-electron chi connectivity index (χ0n) is 16.5. The van der Waals surface area contributed by atoms with Crippen LogP contribution < -0.4 is 4.74 Å². The number of hydrogen-bond acceptors (Lipinski definition) is 6. The molecule has 0 fully saturated rings. The van der Waals surface area contributed by atoms with Gasteiger partial charge in [0.25, 0.3) is 0 Å². The van der Waals surface area contributed by atoms with Crippen molar-refractivity contribution in [3.8, 4) is 11.4 Å². The fraction of sp³-hybridized carbons (Fsp3) is 0.333. The summed E-state index contributed by atoms with van der Waals surface area (Å²) in [5.74, 6) is 1.47. The third kappa shape index (κ3) is 4.42. The Bertz CT molecular complexity index is 953. The highest BCUT2D eigenvalue weighted by atomic mass is 32.2. The molecule has 1 atom stereocenters. The first-order chi connectivity index (χ1) is 13.5. The lowest BCUT2D eigenvalue weighted by molar-refractivity contribution is 0.102. The number of tetrazole rings is 1. The van der Waals surface area contributed by atoms with Crippen LogP contribution in [0.2, 0.25) is 0 Å². The normalized spacial score (nSPS) is 12.0. The van der Waals surface area contributed by atoms with Crippen LogP contribution in [-0.2, 0) is 0 Å². The molecular formula is C21H24N4O2S. The van der Waals surface area contributed by atoms with E-state index >= 15 is 0 Å². The number of Topliss-reactive ketones (excluding diaryl/α,β-unsaturated/α-hetero) is 1. The van der Waals surface area contributed by atoms with Crippen molar-refractivity contribution in [2.45, 2.75) is 38.3 Å². The standard InChI is InChI=1S/C21H24N4O2S/c1-5-15(3)16-7-9-17(10-8-16)19(26)13-28-21-22-23-24-25(21)18-12-14(2)6-11-20(18)27-4/h6-12,15H,5,13H2,1-4H3/t15-/m1/s1. The zero-order valence-corrected chi connectivity index (χ0v) is 17.4. The molecule has 0 spiro atoms. The summed E-state index contributed by atoms with van der Waals surface area (Å²) >= 11 is 1.31. The van der Waals surface area contributed by atoms with Crippen molar-refractivity contribution in [1.29, 1.82) is 0 Å². The molecule has 1 heterocycles. The van der Waals surface area contributed by atoms with Gasteiger partial charge in [0.15, 0.2) is 5.78 Å². The molecule has 1 aromatic heterocycles. The Morgan fingerprint density at radius 3 is 2.64 bits per heavy atom. The van der Waals surface area contributed by atoms with Crippen molar-refractivity contribution in [3.05, 3.63) is 59.2 Å². The summed E-state index contributed by atoms with van der Waals surface area (Å²) in [5, 5.41) is 12.5. The van der Waals surface area contributed by atoms with Gasteiger partial charge in [-0.15, -0.1) is 5.10 Å². The van der Waals surface area contributed by atoms with Gasteiger partial charge in [0.1, 0.15) is 11.4 Å². The van der Waals surface area contributed by atoms with Crippen molar-refractivity contribution in [3.63, 3.8) is 0 Å². The first kappa shape index (κ1) is 20.1. The van der Waals surface area contributed by atoms with E-state index in [1.54, 1.807) is 11.8 Å². The summed E-state index contributed by atoms with van der Waals surface area (Å²) < 4.78 is 7.03. The molecule has 6 nitrogen and oxygen atoms in total. The topological polar surface area (TPSA) is 69.9 Å². The van der Waals surface area contributed by atoms with E-state index in [1.807, 2.05) is 49.4 Å². The third-order valence-electron chi connectivity index (χ3n) is 4.75. The summed E-state index contributed by atoms with van der Waals surface area (Å²) in [7, 11) is 1.61. The Hall–Kier alpha value is -2.67. The second kappa shape index (κ2) is 9.01. The maximum Gasteiger partial charge on any atom is 0.214 e. The third-order valence-corrected chi connectivity index (χ3v) is 5.67. The van der Waals surface area contributed by atoms with Gasteiger partial charge in [0.2, 0.25) is 5.16 Å². The molecule has 28 heavy (non-hydrogen) atoms. The number of ether oxygens (including phenoxy) is 1. The fourth-order valence-electron chi connectivity index (χ4n) is 2.83. The fourth-order valence-corrected chi connectivity index (χ4v) is 3.61. The number of methoxy groups -OCH3 is 1. The average molecular weight is 397 g/mol. The molecule has 146 valence electrons. The van der Waals surface area contributed by atoms with Crippen molar-refractivity contribution in [2.75, 3.05) is 12.9 Å². The van der Waals surface area contributed by atoms with Gasteiger partial charge in [-0.25, -0.2) is 0 Å². The van der Waals surface area contributed by atoms with Gasteiger partial charge in [-0.05, 0) is 52.9 Å². The number of aromatic nitrogens is 4. The molecule has 0 saturated carbocycles. The highest BCUT2D eigenvalue weighted by Crippen LogP contribution is 2.27. The van der Waals surface area contributed by atoms with Crippen LogP contribution in [0, 0.1) is 6.92 Å². The number of thioether (sulfide) groups is 1. The second-order valence-corrected chi connectivity index (χ2v) is 7.63. The van der Waals surface area contributed by atoms with Crippen LogP contribution in [0.5, 0.6) is 5.75 Å². The summed E-state index contributed by atoms with van der Waals surface area (Å²) in [6, 6.07) is 13.7. The molecule has 0 saturated heterocycles. The van der Waals surface area contributed by atoms with Gasteiger partial charge in [0.05, 0.1) is 12.9 Å². The van der Waals surface area contributed by atoms with Gasteiger partial charge >= 0.3 is 0 Å². The van der Waals surface area contributed by atoms with E-state index in [-0.39, 0.29) is 11.5 Å². The Kier molecular flexibility index (Phi) is 6.46. The van der Waals surface area contributed by atoms with E-state index in [0.717, 1.165) is 17.7 Å². The number of rotatable bonds is 8. The highest BCUT2D eigenvalue weighted by Gasteiger charge is 2.16. The molecular weight excluding hydrogens is 372 g/mol. The molecule has 0 amide bonds. The first-order valence-corrected chi connectivity index (χ1v) is 10.2. The predicted octanol–water partition coefficient (Wildman–Crippen LogP) is 4.47. The number of aryl methyl sites for hydroxylation is 1. The number of ketones is 1. The second-order valence-electron chi connectivity index (χ2n) is 6.69. The van der Waals surface area contributed by atoms with E-state index in [4.69, 9.17) is 4.74 Å². The van der Waals surface area contributed by atoms with E-state index < -0.39 is 0 Å². The van der Waals surface area contributed by atoms with Gasteiger partial charge < -0.3 is 4.74 Å². The lowest BCUT2D eigenvalue weighted by Gasteiger charge is -2.10. The Morgan fingerprint density at radius 1 is 1.21 bits per heavy atom. The van der Waals surface area contributed by atoms with Crippen LogP contribution in [0.4, 0.5) is 0 Å². The maximum absolute atomic E-state index is 12.6. The highest BCUT2D eigenvalue weighted by molar-refractivity contribution is 7.99. The van der Waals surface area contributed by atoms with E-state index in [9.17, 15) is 4.79 Å². The minimum atomic E-state index is 0.0476. The van der Waals surface area contributed by atoms with Gasteiger partial charge in [0, 0.05) is 5.56 Å². The minimum Gasteiger partial charge on any atom is -0.494 e. The number of nitrogens with zero attached hydrogens (tertiary/aromatic N) is 4. The van der Waals surface area contributed by atoms with Crippen LogP contribution in [-0.4, -0.2) is 38.9 Å². The first-order valence-electron chi connectivity index (χ1n) is 9.22. The van der Waals surface area contributed by atoms with Crippen molar-refractivity contribution >= 4 is 17.5 Å². The molecule has 0 N–H and O–H groups in total. The van der Waals surface area contributed by atoms with Crippen LogP contribution in [0.3, 0.4) is 0 Å². The van der Waals surface area contributed by atoms with Gasteiger partial charge in [-0.1, -0.05) is 55.9 Å². The van der Waals surface area contributed by atoms with Crippen molar-refractivity contribution in [1.82, 2.24) is 20.2 Å². The maximum atomic E-state index is 12.6. The smallest absolute Gasteiger partial charge is 0.214 e. The molecule has 0 unspecified atom stereocenters. The Morgan fingerprint density at radius 2 is 1.96 bits per heavy atom. The predicted molar refractivity (Wildman–Crippen MR) is 111 cm³/mol. The van der Waals surface area contributed by atoms with E-state index in [1.165, 1.54) is 17.3 Å². The van der Waals surface area contributed by atoms with Gasteiger partial charge in [-0.3, -0.25) is 4.79 Å². The molecule has 2 aromatic carbocycles. The molecule has 0 aliphatic rings. The number of hydrogen-bond donors (Lipinski definition) is 0. The molecule has 0 radical (unpaired) electrons. The molecule has 3 aromatic rings. The lowest BCUT2D eigenvalue weighted by Crippen LogP contribution is -2.06. The molecule has 3 rings (SSSR count). The zero-order chi connectivity index (χ0) is 20.1. The SMILES string of the molecule is CC[C@@H](C)c1ccc(C(=O)CSc2nnnn2-c2cc(C)ccc2OC)cc1. The molecule has 0 aliphatic heterocycles. The largest absolute Gasteiger partial charge is 0.494 e. The summed E-state index contributed by atoms with van der Waals surface area (Å²) in [5.41, 5.74) is 3.77. The average Bonchev–Trinajstić information content (AvgIpc) is 3.20. The number of carbonyl (C=O) groups is 1. The molecule has 7 heteroatoms. The van der Waals surface area contributed by atoms with Crippen molar-refractivity contribution in [2.24, 2.45) is 0 Å². The molecule has 0 aliphatic carbocycles. The minimum absolute atomic E-state index is 0.0476. The summed E-state index contributed by atoms with van der Waals surface area (Å²) in [6.45, 7) is 6.34. The lowest BCUT2D eigenvalue weighted by atomic mass is 9.97. The summed E-state index contributed by atoms with van der Waals surface area (Å²) in [4.78, 5) is 12.6.